The van der Waals surface area contributed by atoms with Gasteiger partial charge in [0.2, 0.25) is 0 Å². The van der Waals surface area contributed by atoms with Crippen molar-refractivity contribution < 1.29 is 9.53 Å². The van der Waals surface area contributed by atoms with E-state index in [4.69, 9.17) is 16.3 Å². The highest BCUT2D eigenvalue weighted by Gasteiger charge is 2.19. The van der Waals surface area contributed by atoms with Crippen LogP contribution in [0, 0.1) is 6.92 Å². The number of hydrogen-bond acceptors (Lipinski definition) is 2. The second-order valence-electron chi connectivity index (χ2n) is 6.50. The predicted molar refractivity (Wildman–Crippen MR) is 95.5 cm³/mol. The predicted octanol–water partition coefficient (Wildman–Crippen LogP) is 4.96. The van der Waals surface area contributed by atoms with Crippen molar-refractivity contribution in [2.24, 2.45) is 0 Å². The number of hydrogen-bond donors (Lipinski definition) is 1. The summed E-state index contributed by atoms with van der Waals surface area (Å²) >= 11 is 6.06. The molecule has 2 rings (SSSR count). The Morgan fingerprint density at radius 2 is 1.83 bits per heavy atom. The van der Waals surface area contributed by atoms with Crippen molar-refractivity contribution in [1.29, 1.82) is 0 Å². The van der Waals surface area contributed by atoms with Crippen molar-refractivity contribution in [2.45, 2.75) is 33.1 Å². The summed E-state index contributed by atoms with van der Waals surface area (Å²) < 4.78 is 5.72. The minimum Gasteiger partial charge on any atom is -0.483 e. The smallest absolute Gasteiger partial charge is 0.262 e. The van der Waals surface area contributed by atoms with Crippen LogP contribution in [0.2, 0.25) is 5.02 Å². The number of nitrogens with one attached hydrogen (secondary N) is 1. The first-order valence-corrected chi connectivity index (χ1v) is 7.94. The lowest BCUT2D eigenvalue weighted by Crippen LogP contribution is -2.22. The summed E-state index contributed by atoms with van der Waals surface area (Å²) in [6, 6.07) is 13.2. The van der Waals surface area contributed by atoms with Crippen LogP contribution in [-0.4, -0.2) is 12.5 Å². The molecular weight excluding hydrogens is 310 g/mol. The molecule has 0 aliphatic carbocycles. The van der Waals surface area contributed by atoms with Crippen molar-refractivity contribution in [3.63, 3.8) is 0 Å². The average Bonchev–Trinajstić information content (AvgIpc) is 2.49. The molecule has 122 valence electrons. The fraction of sp³-hybridized carbons (Fsp3) is 0.316. The Morgan fingerprint density at radius 1 is 1.13 bits per heavy atom. The van der Waals surface area contributed by atoms with Gasteiger partial charge in [-0.3, -0.25) is 4.79 Å². The number of halogens is 1. The second kappa shape index (κ2) is 7.05. The molecule has 0 radical (unpaired) electrons. The summed E-state index contributed by atoms with van der Waals surface area (Å²) in [5.41, 5.74) is 2.58. The molecule has 2 aromatic carbocycles. The zero-order valence-corrected chi connectivity index (χ0v) is 14.7. The molecule has 0 atom stereocenters. The summed E-state index contributed by atoms with van der Waals surface area (Å²) in [5, 5.41) is 3.46. The molecule has 0 aromatic heterocycles. The molecule has 0 aliphatic heterocycles. The highest BCUT2D eigenvalue weighted by Crippen LogP contribution is 2.31. The lowest BCUT2D eigenvalue weighted by Gasteiger charge is -2.22. The molecule has 0 saturated carbocycles. The molecule has 0 spiro atoms. The summed E-state index contributed by atoms with van der Waals surface area (Å²) in [6.07, 6.45) is 0. The third-order valence-corrected chi connectivity index (χ3v) is 4.01. The summed E-state index contributed by atoms with van der Waals surface area (Å²) in [7, 11) is 0. The Morgan fingerprint density at radius 3 is 2.52 bits per heavy atom. The van der Waals surface area contributed by atoms with Crippen LogP contribution in [0.3, 0.4) is 0 Å². The standard InChI is InChI=1S/C19H22ClNO2/c1-13-15(20)9-7-10-16(13)21-18(22)12-23-17-11-6-5-8-14(17)19(2,3)4/h5-11H,12H2,1-4H3,(H,21,22). The van der Waals surface area contributed by atoms with Gasteiger partial charge in [-0.15, -0.1) is 0 Å². The van der Waals surface area contributed by atoms with E-state index in [9.17, 15) is 4.79 Å². The molecule has 0 fully saturated rings. The van der Waals surface area contributed by atoms with Gasteiger partial charge in [0.05, 0.1) is 0 Å². The maximum atomic E-state index is 12.1. The largest absolute Gasteiger partial charge is 0.483 e. The molecular formula is C19H22ClNO2. The van der Waals surface area contributed by atoms with E-state index in [1.807, 2.05) is 37.3 Å². The zero-order valence-electron chi connectivity index (χ0n) is 13.9. The zero-order chi connectivity index (χ0) is 17.0. The van der Waals surface area contributed by atoms with Crippen molar-refractivity contribution in [1.82, 2.24) is 0 Å². The highest BCUT2D eigenvalue weighted by molar-refractivity contribution is 6.31. The van der Waals surface area contributed by atoms with Crippen LogP contribution in [0.1, 0.15) is 31.9 Å². The average molecular weight is 332 g/mol. The monoisotopic (exact) mass is 331 g/mol. The van der Waals surface area contributed by atoms with Crippen LogP contribution in [0.15, 0.2) is 42.5 Å². The van der Waals surface area contributed by atoms with Gasteiger partial charge in [0, 0.05) is 10.7 Å². The first-order chi connectivity index (χ1) is 10.8. The summed E-state index contributed by atoms with van der Waals surface area (Å²) in [6.45, 7) is 8.17. The number of carbonyl (C=O) groups is 1. The lowest BCUT2D eigenvalue weighted by molar-refractivity contribution is -0.118. The van der Waals surface area contributed by atoms with Crippen LogP contribution in [0.4, 0.5) is 5.69 Å². The van der Waals surface area contributed by atoms with Crippen molar-refractivity contribution in [3.05, 3.63) is 58.6 Å². The first-order valence-electron chi connectivity index (χ1n) is 7.56. The van der Waals surface area contributed by atoms with Crippen LogP contribution in [0.25, 0.3) is 0 Å². The number of benzene rings is 2. The van der Waals surface area contributed by atoms with E-state index in [2.05, 4.69) is 26.1 Å². The Kier molecular flexibility index (Phi) is 5.32. The van der Waals surface area contributed by atoms with E-state index in [0.29, 0.717) is 10.7 Å². The Labute approximate surface area is 142 Å². The number of rotatable bonds is 4. The fourth-order valence-electron chi connectivity index (χ4n) is 2.28. The van der Waals surface area contributed by atoms with Gasteiger partial charge in [-0.1, -0.05) is 56.6 Å². The van der Waals surface area contributed by atoms with Gasteiger partial charge in [-0.2, -0.15) is 0 Å². The van der Waals surface area contributed by atoms with Crippen LogP contribution in [0.5, 0.6) is 5.75 Å². The van der Waals surface area contributed by atoms with Gasteiger partial charge >= 0.3 is 0 Å². The summed E-state index contributed by atoms with van der Waals surface area (Å²) in [5.74, 6) is 0.525. The molecule has 0 unspecified atom stereocenters. The van der Waals surface area contributed by atoms with Crippen molar-refractivity contribution in [2.75, 3.05) is 11.9 Å². The maximum Gasteiger partial charge on any atom is 0.262 e. The Balaban J connectivity index is 2.04. The minimum absolute atomic E-state index is 0.0426. The van der Waals surface area contributed by atoms with Gasteiger partial charge < -0.3 is 10.1 Å². The Hall–Kier alpha value is -2.00. The van der Waals surface area contributed by atoms with Crippen molar-refractivity contribution >= 4 is 23.2 Å². The topological polar surface area (TPSA) is 38.3 Å². The number of carbonyl (C=O) groups excluding carboxylic acids is 1. The third-order valence-electron chi connectivity index (χ3n) is 3.60. The van der Waals surface area contributed by atoms with Gasteiger partial charge in [0.25, 0.3) is 5.91 Å². The van der Waals surface area contributed by atoms with Gasteiger partial charge in [-0.05, 0) is 41.7 Å². The molecule has 3 nitrogen and oxygen atoms in total. The lowest BCUT2D eigenvalue weighted by atomic mass is 9.86. The summed E-state index contributed by atoms with van der Waals surface area (Å²) in [4.78, 5) is 12.1. The van der Waals surface area contributed by atoms with E-state index in [1.165, 1.54) is 0 Å². The number of anilines is 1. The van der Waals surface area contributed by atoms with E-state index in [0.717, 1.165) is 16.9 Å². The molecule has 1 N–H and O–H groups in total. The highest BCUT2D eigenvalue weighted by atomic mass is 35.5. The number of amides is 1. The maximum absolute atomic E-state index is 12.1. The van der Waals surface area contributed by atoms with E-state index in [-0.39, 0.29) is 17.9 Å². The number of ether oxygens (including phenoxy) is 1. The van der Waals surface area contributed by atoms with Crippen molar-refractivity contribution in [3.8, 4) is 5.75 Å². The third kappa shape index (κ3) is 4.49. The SMILES string of the molecule is Cc1c(Cl)cccc1NC(=O)COc1ccccc1C(C)(C)C. The van der Waals surface area contributed by atoms with Gasteiger partial charge in [0.1, 0.15) is 5.75 Å². The molecule has 0 bridgehead atoms. The van der Waals surface area contributed by atoms with Gasteiger partial charge in [0.15, 0.2) is 6.61 Å². The second-order valence-corrected chi connectivity index (χ2v) is 6.90. The fourth-order valence-corrected chi connectivity index (χ4v) is 2.46. The van der Waals surface area contributed by atoms with Crippen LogP contribution >= 0.6 is 11.6 Å². The van der Waals surface area contributed by atoms with E-state index >= 15 is 0 Å². The van der Waals surface area contributed by atoms with E-state index in [1.54, 1.807) is 12.1 Å². The molecule has 0 saturated heterocycles. The normalized spacial score (nSPS) is 11.2. The Bertz CT molecular complexity index is 705. The molecule has 2 aromatic rings. The first kappa shape index (κ1) is 17.4. The van der Waals surface area contributed by atoms with E-state index < -0.39 is 0 Å². The molecule has 1 amide bonds. The molecule has 4 heteroatoms. The molecule has 0 heterocycles. The molecule has 23 heavy (non-hydrogen) atoms. The minimum atomic E-state index is -0.209. The van der Waals surface area contributed by atoms with Crippen LogP contribution in [-0.2, 0) is 10.2 Å². The molecule has 0 aliphatic rings. The number of para-hydroxylation sites is 1. The van der Waals surface area contributed by atoms with Gasteiger partial charge in [-0.25, -0.2) is 0 Å². The van der Waals surface area contributed by atoms with Crippen LogP contribution < -0.4 is 10.1 Å². The quantitative estimate of drug-likeness (QED) is 0.859.